The Morgan fingerprint density at radius 3 is 2.43 bits per heavy atom. The van der Waals surface area contributed by atoms with E-state index in [9.17, 15) is 26.4 Å². The van der Waals surface area contributed by atoms with Gasteiger partial charge in [0.05, 0.1) is 23.7 Å². The molecule has 0 fully saturated rings. The van der Waals surface area contributed by atoms with Crippen LogP contribution in [0, 0.1) is 0 Å². The fourth-order valence-electron chi connectivity index (χ4n) is 2.12. The lowest BCUT2D eigenvalue weighted by Crippen LogP contribution is -2.31. The second-order valence-corrected chi connectivity index (χ2v) is 8.06. The number of rotatable bonds is 7. The van der Waals surface area contributed by atoms with Crippen molar-refractivity contribution in [2.24, 2.45) is 0 Å². The van der Waals surface area contributed by atoms with Crippen molar-refractivity contribution in [2.75, 3.05) is 0 Å². The molecule has 1 N–H and O–H groups in total. The molecule has 1 aromatic carbocycles. The number of alkyl halides is 3. The summed E-state index contributed by atoms with van der Waals surface area (Å²) in [7, 11) is -4.24. The molecule has 0 bridgehead atoms. The van der Waals surface area contributed by atoms with Crippen LogP contribution in [0.25, 0.3) is 0 Å². The van der Waals surface area contributed by atoms with Crippen LogP contribution in [0.2, 0.25) is 5.15 Å². The molecule has 154 valence electrons. The summed E-state index contributed by atoms with van der Waals surface area (Å²) in [5, 5.41) is -0.391. The molecule has 0 aliphatic rings. The number of aromatic nitrogens is 2. The van der Waals surface area contributed by atoms with Crippen LogP contribution < -0.4 is 9.46 Å². The number of sulfonamides is 1. The van der Waals surface area contributed by atoms with E-state index in [1.807, 2.05) is 13.8 Å². The van der Waals surface area contributed by atoms with Gasteiger partial charge in [0.15, 0.2) is 5.69 Å². The molecule has 1 heterocycles. The molecule has 0 aliphatic heterocycles. The summed E-state index contributed by atoms with van der Waals surface area (Å²) >= 11 is 5.85. The number of amides is 1. The molecular weight excluding hydrogens is 423 g/mol. The minimum absolute atomic E-state index is 0.100. The van der Waals surface area contributed by atoms with Crippen molar-refractivity contribution in [3.05, 3.63) is 41.4 Å². The maximum Gasteiger partial charge on any atom is 0.390 e. The van der Waals surface area contributed by atoms with Crippen LogP contribution in [0.4, 0.5) is 13.2 Å². The van der Waals surface area contributed by atoms with E-state index in [4.69, 9.17) is 16.3 Å². The normalized spacial score (nSPS) is 12.2. The lowest BCUT2D eigenvalue weighted by Gasteiger charge is -2.11. The number of carbonyl (C=O) groups excluding carboxylic acids is 1. The fourth-order valence-corrected chi connectivity index (χ4v) is 3.34. The highest BCUT2D eigenvalue weighted by molar-refractivity contribution is 7.90. The van der Waals surface area contributed by atoms with Gasteiger partial charge in [-0.25, -0.2) is 18.1 Å². The summed E-state index contributed by atoms with van der Waals surface area (Å²) in [6.07, 6.45) is -4.75. The summed E-state index contributed by atoms with van der Waals surface area (Å²) in [5.74, 6) is -0.704. The van der Waals surface area contributed by atoms with E-state index in [1.54, 1.807) is 4.72 Å². The Kier molecular flexibility index (Phi) is 6.60. The molecule has 0 aliphatic carbocycles. The molecule has 7 nitrogen and oxygen atoms in total. The summed E-state index contributed by atoms with van der Waals surface area (Å²) in [4.78, 5) is 15.6. The van der Waals surface area contributed by atoms with Gasteiger partial charge in [0.25, 0.3) is 15.9 Å². The van der Waals surface area contributed by atoms with Gasteiger partial charge in [-0.2, -0.15) is 13.2 Å². The van der Waals surface area contributed by atoms with Crippen molar-refractivity contribution >= 4 is 27.5 Å². The first kappa shape index (κ1) is 22.0. The largest absolute Gasteiger partial charge is 0.491 e. The van der Waals surface area contributed by atoms with Gasteiger partial charge < -0.3 is 9.30 Å². The average Bonchev–Trinajstić information content (AvgIpc) is 2.93. The maximum atomic E-state index is 12.3. The van der Waals surface area contributed by atoms with E-state index in [2.05, 4.69) is 4.98 Å². The third kappa shape index (κ3) is 5.86. The molecule has 2 rings (SSSR count). The van der Waals surface area contributed by atoms with Crippen LogP contribution in [-0.2, 0) is 16.6 Å². The molecule has 0 atom stereocenters. The predicted octanol–water partition coefficient (Wildman–Crippen LogP) is 3.39. The first-order valence-corrected chi connectivity index (χ1v) is 9.86. The summed E-state index contributed by atoms with van der Waals surface area (Å²) < 4.78 is 69.7. The summed E-state index contributed by atoms with van der Waals surface area (Å²) in [6.45, 7) is 3.07. The topological polar surface area (TPSA) is 90.3 Å². The molecule has 0 unspecified atom stereocenters. The number of ether oxygens (including phenoxy) is 1. The number of nitrogens with zero attached hydrogens (tertiary/aromatic N) is 2. The van der Waals surface area contributed by atoms with Crippen LogP contribution in [0.3, 0.4) is 0 Å². The summed E-state index contributed by atoms with van der Waals surface area (Å²) in [6, 6.07) is 5.35. The van der Waals surface area contributed by atoms with E-state index < -0.39 is 45.9 Å². The van der Waals surface area contributed by atoms with E-state index >= 15 is 0 Å². The van der Waals surface area contributed by atoms with Gasteiger partial charge in [-0.3, -0.25) is 4.79 Å². The number of halogens is 4. The Morgan fingerprint density at radius 1 is 1.29 bits per heavy atom. The minimum atomic E-state index is -4.41. The standard InChI is InChI=1S/C16H17ClF3N3O4S/c1-10(2)27-11-3-5-12(6-4-11)28(25,26)22-15(24)13-14(17)23(9-21-13)8-7-16(18,19)20/h3-6,9-10H,7-8H2,1-2H3,(H,22,24). The van der Waals surface area contributed by atoms with Crippen molar-refractivity contribution in [3.8, 4) is 5.75 Å². The molecule has 12 heteroatoms. The zero-order chi connectivity index (χ0) is 21.1. The number of hydrogen-bond donors (Lipinski definition) is 1. The van der Waals surface area contributed by atoms with Crippen molar-refractivity contribution < 1.29 is 31.1 Å². The first-order valence-electron chi connectivity index (χ1n) is 8.00. The highest BCUT2D eigenvalue weighted by Crippen LogP contribution is 2.23. The highest BCUT2D eigenvalue weighted by atomic mass is 35.5. The average molecular weight is 440 g/mol. The lowest BCUT2D eigenvalue weighted by atomic mass is 10.3. The SMILES string of the molecule is CC(C)Oc1ccc(S(=O)(=O)NC(=O)c2ncn(CCC(F)(F)F)c2Cl)cc1. The highest BCUT2D eigenvalue weighted by Gasteiger charge is 2.28. The first-order chi connectivity index (χ1) is 12.9. The third-order valence-electron chi connectivity index (χ3n) is 3.36. The van der Waals surface area contributed by atoms with E-state index in [0.29, 0.717) is 5.75 Å². The van der Waals surface area contributed by atoms with Gasteiger partial charge in [-0.05, 0) is 38.1 Å². The quantitative estimate of drug-likeness (QED) is 0.714. The Balaban J connectivity index is 2.12. The van der Waals surface area contributed by atoms with Gasteiger partial charge in [0.1, 0.15) is 10.9 Å². The molecule has 0 spiro atoms. The Bertz CT molecular complexity index is 941. The van der Waals surface area contributed by atoms with Gasteiger partial charge in [-0.15, -0.1) is 0 Å². The molecule has 0 saturated heterocycles. The number of carbonyl (C=O) groups is 1. The molecule has 0 radical (unpaired) electrons. The Morgan fingerprint density at radius 2 is 1.89 bits per heavy atom. The third-order valence-corrected chi connectivity index (χ3v) is 5.10. The number of hydrogen-bond acceptors (Lipinski definition) is 5. The Hall–Kier alpha value is -2.27. The van der Waals surface area contributed by atoms with E-state index in [-0.39, 0.29) is 11.0 Å². The van der Waals surface area contributed by atoms with Crippen molar-refractivity contribution in [2.45, 2.75) is 44.0 Å². The van der Waals surface area contributed by atoms with Crippen molar-refractivity contribution in [3.63, 3.8) is 0 Å². The summed E-state index contributed by atoms with van der Waals surface area (Å²) in [5.41, 5.74) is -0.493. The van der Waals surface area contributed by atoms with Gasteiger partial charge in [0.2, 0.25) is 0 Å². The van der Waals surface area contributed by atoms with Crippen molar-refractivity contribution in [1.29, 1.82) is 0 Å². The number of imidazole rings is 1. The number of aryl methyl sites for hydroxylation is 1. The Labute approximate surface area is 164 Å². The molecule has 28 heavy (non-hydrogen) atoms. The molecule has 1 amide bonds. The van der Waals surface area contributed by atoms with Crippen LogP contribution >= 0.6 is 11.6 Å². The molecule has 1 aromatic heterocycles. The second-order valence-electron chi connectivity index (χ2n) is 6.02. The number of benzene rings is 1. The second kappa shape index (κ2) is 8.39. The van der Waals surface area contributed by atoms with Gasteiger partial charge in [0, 0.05) is 6.54 Å². The van der Waals surface area contributed by atoms with Crippen LogP contribution in [-0.4, -0.2) is 36.2 Å². The van der Waals surface area contributed by atoms with Crippen molar-refractivity contribution in [1.82, 2.24) is 14.3 Å². The van der Waals surface area contributed by atoms with Crippen LogP contribution in [0.5, 0.6) is 5.75 Å². The smallest absolute Gasteiger partial charge is 0.390 e. The van der Waals surface area contributed by atoms with Crippen LogP contribution in [0.1, 0.15) is 30.8 Å². The van der Waals surface area contributed by atoms with Gasteiger partial charge in [-0.1, -0.05) is 11.6 Å². The maximum absolute atomic E-state index is 12.3. The van der Waals surface area contributed by atoms with Gasteiger partial charge >= 0.3 is 6.18 Å². The van der Waals surface area contributed by atoms with E-state index in [0.717, 1.165) is 10.9 Å². The molecule has 0 saturated carbocycles. The van der Waals surface area contributed by atoms with Crippen LogP contribution in [0.15, 0.2) is 35.5 Å². The molecule has 2 aromatic rings. The molecular formula is C16H17ClF3N3O4S. The minimum Gasteiger partial charge on any atom is -0.491 e. The zero-order valence-electron chi connectivity index (χ0n) is 14.8. The predicted molar refractivity (Wildman–Crippen MR) is 94.8 cm³/mol. The monoisotopic (exact) mass is 439 g/mol. The number of nitrogens with one attached hydrogen (secondary N) is 1. The zero-order valence-corrected chi connectivity index (χ0v) is 16.4. The van der Waals surface area contributed by atoms with E-state index in [1.165, 1.54) is 24.3 Å². The fraction of sp³-hybridized carbons (Fsp3) is 0.375. The lowest BCUT2D eigenvalue weighted by molar-refractivity contribution is -0.136.